The molecule has 6 heteroatoms. The molecule has 1 saturated heterocycles. The Labute approximate surface area is 169 Å². The van der Waals surface area contributed by atoms with Crippen LogP contribution < -0.4 is 10.2 Å². The van der Waals surface area contributed by atoms with Crippen LogP contribution in [0.2, 0.25) is 0 Å². The molecule has 0 spiro atoms. The molecule has 0 atom stereocenters. The molecule has 1 aliphatic heterocycles. The van der Waals surface area contributed by atoms with E-state index in [1.54, 1.807) is 17.4 Å². The van der Waals surface area contributed by atoms with E-state index in [1.165, 1.54) is 10.4 Å². The fourth-order valence-corrected chi connectivity index (χ4v) is 4.74. The summed E-state index contributed by atoms with van der Waals surface area (Å²) in [7, 11) is 0. The zero-order valence-corrected chi connectivity index (χ0v) is 16.8. The number of aryl methyl sites for hydroxylation is 1. The van der Waals surface area contributed by atoms with Crippen molar-refractivity contribution in [1.29, 1.82) is 0 Å². The van der Waals surface area contributed by atoms with Crippen molar-refractivity contribution < 1.29 is 4.79 Å². The molecule has 0 unspecified atom stereocenters. The number of hydrogen-bond acceptors (Lipinski definition) is 5. The Balaban J connectivity index is 1.58. The fraction of sp³-hybridized carbons (Fsp3) is 0.318. The summed E-state index contributed by atoms with van der Waals surface area (Å²) in [5.41, 5.74) is 1.20. The Hall–Kier alpha value is -2.73. The Morgan fingerprint density at radius 1 is 1.29 bits per heavy atom. The van der Waals surface area contributed by atoms with E-state index in [0.29, 0.717) is 6.54 Å². The summed E-state index contributed by atoms with van der Waals surface area (Å²) in [5.74, 6) is 1.98. The van der Waals surface area contributed by atoms with Crippen molar-refractivity contribution in [2.75, 3.05) is 24.5 Å². The lowest BCUT2D eigenvalue weighted by molar-refractivity contribution is -0.125. The summed E-state index contributed by atoms with van der Waals surface area (Å²) in [6.45, 7) is 7.78. The molecule has 1 amide bonds. The summed E-state index contributed by atoms with van der Waals surface area (Å²) < 4.78 is 0. The summed E-state index contributed by atoms with van der Waals surface area (Å²) in [4.78, 5) is 26.2. The molecule has 0 radical (unpaired) electrons. The average molecular weight is 393 g/mol. The van der Waals surface area contributed by atoms with Crippen LogP contribution in [0.5, 0.6) is 0 Å². The minimum Gasteiger partial charge on any atom is -0.356 e. The van der Waals surface area contributed by atoms with E-state index in [9.17, 15) is 4.79 Å². The van der Waals surface area contributed by atoms with Gasteiger partial charge in [-0.25, -0.2) is 9.97 Å². The Kier molecular flexibility index (Phi) is 5.39. The number of hydrogen-bond donors (Lipinski definition) is 1. The van der Waals surface area contributed by atoms with Gasteiger partial charge in [-0.2, -0.15) is 0 Å². The first-order valence-electron chi connectivity index (χ1n) is 9.63. The van der Waals surface area contributed by atoms with Crippen LogP contribution in [0.25, 0.3) is 20.7 Å². The minimum atomic E-state index is 0.0666. The molecule has 2 aromatic heterocycles. The molecule has 4 rings (SSSR count). The third-order valence-electron chi connectivity index (χ3n) is 5.13. The third-order valence-corrected chi connectivity index (χ3v) is 6.21. The first kappa shape index (κ1) is 18.6. The van der Waals surface area contributed by atoms with Crippen LogP contribution in [0.15, 0.2) is 49.1 Å². The molecule has 0 saturated carbocycles. The average Bonchev–Trinajstić information content (AvgIpc) is 3.16. The van der Waals surface area contributed by atoms with E-state index in [4.69, 9.17) is 4.98 Å². The van der Waals surface area contributed by atoms with Crippen LogP contribution in [0.4, 0.5) is 5.82 Å². The SMILES string of the molecule is C=CCNC(=O)C1CCN(c2nc(C)nc3sc(-c4ccccc4)cc23)CC1. The van der Waals surface area contributed by atoms with Crippen molar-refractivity contribution in [2.24, 2.45) is 5.92 Å². The number of nitrogens with one attached hydrogen (secondary N) is 1. The second kappa shape index (κ2) is 8.10. The van der Waals surface area contributed by atoms with E-state index >= 15 is 0 Å². The highest BCUT2D eigenvalue weighted by atomic mass is 32.1. The number of rotatable bonds is 5. The van der Waals surface area contributed by atoms with Crippen molar-refractivity contribution in [1.82, 2.24) is 15.3 Å². The highest BCUT2D eigenvalue weighted by Gasteiger charge is 2.27. The van der Waals surface area contributed by atoms with E-state index in [2.05, 4.69) is 52.1 Å². The Morgan fingerprint density at radius 3 is 2.75 bits per heavy atom. The van der Waals surface area contributed by atoms with Crippen molar-refractivity contribution in [3.05, 3.63) is 54.9 Å². The predicted octanol–water partition coefficient (Wildman–Crippen LogP) is 4.19. The molecular formula is C22H24N4OS. The quantitative estimate of drug-likeness (QED) is 0.662. The van der Waals surface area contributed by atoms with E-state index in [1.807, 2.05) is 13.0 Å². The summed E-state index contributed by atoms with van der Waals surface area (Å²) in [6, 6.07) is 12.6. The van der Waals surface area contributed by atoms with Gasteiger partial charge < -0.3 is 10.2 Å². The van der Waals surface area contributed by atoms with Gasteiger partial charge >= 0.3 is 0 Å². The number of fused-ring (bicyclic) bond motifs is 1. The molecule has 1 fully saturated rings. The maximum absolute atomic E-state index is 12.2. The Bertz CT molecular complexity index is 990. The van der Waals surface area contributed by atoms with Crippen LogP contribution in [0.1, 0.15) is 18.7 Å². The van der Waals surface area contributed by atoms with Gasteiger partial charge in [0.2, 0.25) is 5.91 Å². The van der Waals surface area contributed by atoms with Gasteiger partial charge in [0.25, 0.3) is 0 Å². The lowest BCUT2D eigenvalue weighted by Crippen LogP contribution is -2.41. The van der Waals surface area contributed by atoms with Crippen molar-refractivity contribution in [2.45, 2.75) is 19.8 Å². The van der Waals surface area contributed by atoms with Gasteiger partial charge in [-0.3, -0.25) is 4.79 Å². The number of amides is 1. The first-order valence-corrected chi connectivity index (χ1v) is 10.4. The monoisotopic (exact) mass is 392 g/mol. The predicted molar refractivity (Wildman–Crippen MR) is 116 cm³/mol. The standard InChI is InChI=1S/C22H24N4OS/c1-3-11-23-21(27)17-9-12-26(13-10-17)20-18-14-19(16-7-5-4-6-8-16)28-22(18)25-15(2)24-20/h3-8,14,17H,1,9-13H2,2H3,(H,23,27). The van der Waals surface area contributed by atoms with Crippen molar-refractivity contribution in [3.8, 4) is 10.4 Å². The number of anilines is 1. The number of thiophene rings is 1. The van der Waals surface area contributed by atoms with Gasteiger partial charge in [-0.05, 0) is 31.4 Å². The second-order valence-corrected chi connectivity index (χ2v) is 8.12. The molecule has 0 aliphatic carbocycles. The molecule has 1 aromatic carbocycles. The first-order chi connectivity index (χ1) is 13.7. The van der Waals surface area contributed by atoms with Gasteiger partial charge in [0, 0.05) is 30.4 Å². The maximum Gasteiger partial charge on any atom is 0.223 e. The maximum atomic E-state index is 12.2. The molecule has 1 aliphatic rings. The van der Waals surface area contributed by atoms with Crippen molar-refractivity contribution in [3.63, 3.8) is 0 Å². The number of piperidine rings is 1. The smallest absolute Gasteiger partial charge is 0.223 e. The molecule has 144 valence electrons. The highest BCUT2D eigenvalue weighted by molar-refractivity contribution is 7.21. The van der Waals surface area contributed by atoms with Crippen LogP contribution in [0.3, 0.4) is 0 Å². The van der Waals surface area contributed by atoms with Crippen molar-refractivity contribution >= 4 is 33.3 Å². The molecular weight excluding hydrogens is 368 g/mol. The number of carbonyl (C=O) groups is 1. The zero-order chi connectivity index (χ0) is 19.5. The number of benzene rings is 1. The number of aromatic nitrogens is 2. The normalized spacial score (nSPS) is 15.0. The van der Waals surface area contributed by atoms with Gasteiger partial charge in [0.15, 0.2) is 0 Å². The molecule has 28 heavy (non-hydrogen) atoms. The van der Waals surface area contributed by atoms with Crippen LogP contribution in [0, 0.1) is 12.8 Å². The molecule has 3 aromatic rings. The largest absolute Gasteiger partial charge is 0.356 e. The molecule has 1 N–H and O–H groups in total. The highest BCUT2D eigenvalue weighted by Crippen LogP contribution is 2.37. The van der Waals surface area contributed by atoms with Crippen LogP contribution in [-0.4, -0.2) is 35.5 Å². The third kappa shape index (κ3) is 3.78. The van der Waals surface area contributed by atoms with Gasteiger partial charge in [0.05, 0.1) is 5.39 Å². The summed E-state index contributed by atoms with van der Waals surface area (Å²) >= 11 is 1.71. The number of nitrogens with zero attached hydrogens (tertiary/aromatic N) is 3. The molecule has 5 nitrogen and oxygen atoms in total. The van der Waals surface area contributed by atoms with Gasteiger partial charge in [0.1, 0.15) is 16.5 Å². The minimum absolute atomic E-state index is 0.0666. The van der Waals surface area contributed by atoms with E-state index < -0.39 is 0 Å². The molecule has 3 heterocycles. The molecule has 0 bridgehead atoms. The van der Waals surface area contributed by atoms with Gasteiger partial charge in [-0.15, -0.1) is 17.9 Å². The lowest BCUT2D eigenvalue weighted by Gasteiger charge is -2.32. The van der Waals surface area contributed by atoms with Crippen LogP contribution in [-0.2, 0) is 4.79 Å². The number of carbonyl (C=O) groups excluding carboxylic acids is 1. The Morgan fingerprint density at radius 2 is 2.04 bits per heavy atom. The second-order valence-electron chi connectivity index (χ2n) is 7.09. The summed E-state index contributed by atoms with van der Waals surface area (Å²) in [5, 5.41) is 4.02. The van der Waals surface area contributed by atoms with E-state index in [0.717, 1.165) is 47.8 Å². The fourth-order valence-electron chi connectivity index (χ4n) is 3.67. The topological polar surface area (TPSA) is 58.1 Å². The van der Waals surface area contributed by atoms with Gasteiger partial charge in [-0.1, -0.05) is 36.4 Å². The lowest BCUT2D eigenvalue weighted by atomic mass is 9.95. The van der Waals surface area contributed by atoms with Crippen LogP contribution >= 0.6 is 11.3 Å². The zero-order valence-electron chi connectivity index (χ0n) is 16.0. The van der Waals surface area contributed by atoms with E-state index in [-0.39, 0.29) is 11.8 Å². The summed E-state index contributed by atoms with van der Waals surface area (Å²) in [6.07, 6.45) is 3.39.